The molecular formula is C15H22F2N2. The van der Waals surface area contributed by atoms with Gasteiger partial charge in [-0.05, 0) is 18.7 Å². The maximum absolute atomic E-state index is 14.0. The Hall–Kier alpha value is -1.00. The third-order valence-corrected chi connectivity index (χ3v) is 3.77. The zero-order chi connectivity index (χ0) is 13.9. The van der Waals surface area contributed by atoms with E-state index >= 15 is 0 Å². The van der Waals surface area contributed by atoms with E-state index in [2.05, 4.69) is 10.2 Å². The van der Waals surface area contributed by atoms with Crippen LogP contribution in [0, 0.1) is 0 Å². The maximum atomic E-state index is 14.0. The predicted molar refractivity (Wildman–Crippen MR) is 73.5 cm³/mol. The number of piperazine rings is 1. The van der Waals surface area contributed by atoms with Crippen LogP contribution < -0.4 is 5.32 Å². The highest BCUT2D eigenvalue weighted by Crippen LogP contribution is 2.34. The SMILES string of the molecule is CCCC(F)(F)c1cccc(C2CNCCN2C)c1. The van der Waals surface area contributed by atoms with Crippen molar-refractivity contribution >= 4 is 0 Å². The van der Waals surface area contributed by atoms with Crippen LogP contribution in [0.3, 0.4) is 0 Å². The molecule has 1 aromatic carbocycles. The van der Waals surface area contributed by atoms with Crippen molar-refractivity contribution in [3.63, 3.8) is 0 Å². The molecule has 4 heteroatoms. The lowest BCUT2D eigenvalue weighted by molar-refractivity contribution is -0.0142. The van der Waals surface area contributed by atoms with Crippen molar-refractivity contribution in [1.82, 2.24) is 10.2 Å². The molecule has 1 N–H and O–H groups in total. The summed E-state index contributed by atoms with van der Waals surface area (Å²) in [6.07, 6.45) is 0.400. The number of hydrogen-bond acceptors (Lipinski definition) is 2. The highest BCUT2D eigenvalue weighted by Gasteiger charge is 2.31. The van der Waals surface area contributed by atoms with Crippen LogP contribution in [-0.4, -0.2) is 31.6 Å². The quantitative estimate of drug-likeness (QED) is 0.902. The van der Waals surface area contributed by atoms with Crippen molar-refractivity contribution in [1.29, 1.82) is 0 Å². The van der Waals surface area contributed by atoms with E-state index in [1.807, 2.05) is 13.1 Å². The van der Waals surface area contributed by atoms with Gasteiger partial charge in [0, 0.05) is 37.7 Å². The Morgan fingerprint density at radius 1 is 1.42 bits per heavy atom. The first-order chi connectivity index (χ1) is 9.04. The molecule has 1 fully saturated rings. The average Bonchev–Trinajstić information content (AvgIpc) is 2.39. The van der Waals surface area contributed by atoms with Gasteiger partial charge >= 0.3 is 0 Å². The fourth-order valence-electron chi connectivity index (χ4n) is 2.61. The summed E-state index contributed by atoms with van der Waals surface area (Å²) in [4.78, 5) is 2.22. The van der Waals surface area contributed by atoms with E-state index in [4.69, 9.17) is 0 Å². The normalized spacial score (nSPS) is 21.6. The standard InChI is InChI=1S/C15H22F2N2/c1-3-7-15(16,17)13-6-4-5-12(10-13)14-11-18-8-9-19(14)2/h4-6,10,14,18H,3,7-9,11H2,1-2H3. The zero-order valence-corrected chi connectivity index (χ0v) is 11.6. The molecule has 0 saturated carbocycles. The van der Waals surface area contributed by atoms with Crippen LogP contribution in [0.1, 0.15) is 36.9 Å². The van der Waals surface area contributed by atoms with E-state index in [0.29, 0.717) is 6.42 Å². The molecular weight excluding hydrogens is 246 g/mol. The molecule has 1 aromatic rings. The molecule has 106 valence electrons. The van der Waals surface area contributed by atoms with Gasteiger partial charge in [-0.1, -0.05) is 31.5 Å². The summed E-state index contributed by atoms with van der Waals surface area (Å²) in [5.74, 6) is -2.72. The van der Waals surface area contributed by atoms with Crippen LogP contribution in [0.25, 0.3) is 0 Å². The highest BCUT2D eigenvalue weighted by atomic mass is 19.3. The van der Waals surface area contributed by atoms with E-state index in [9.17, 15) is 8.78 Å². The minimum Gasteiger partial charge on any atom is -0.314 e. The van der Waals surface area contributed by atoms with Gasteiger partial charge in [-0.2, -0.15) is 0 Å². The van der Waals surface area contributed by atoms with Crippen LogP contribution in [0.5, 0.6) is 0 Å². The molecule has 0 spiro atoms. The summed E-state index contributed by atoms with van der Waals surface area (Å²) in [5, 5.41) is 3.32. The Kier molecular flexibility index (Phi) is 4.53. The molecule has 0 radical (unpaired) electrons. The van der Waals surface area contributed by atoms with Gasteiger partial charge in [0.15, 0.2) is 0 Å². The van der Waals surface area contributed by atoms with Crippen LogP contribution in [0.2, 0.25) is 0 Å². The van der Waals surface area contributed by atoms with Crippen molar-refractivity contribution in [3.05, 3.63) is 35.4 Å². The molecule has 2 nitrogen and oxygen atoms in total. The number of nitrogens with zero attached hydrogens (tertiary/aromatic N) is 1. The molecule has 2 rings (SSSR count). The third kappa shape index (κ3) is 3.31. The lowest BCUT2D eigenvalue weighted by Crippen LogP contribution is -2.43. The Bertz CT molecular complexity index is 420. The van der Waals surface area contributed by atoms with Gasteiger partial charge in [0.2, 0.25) is 0 Å². The number of likely N-dealkylation sites (N-methyl/N-ethyl adjacent to an activating group) is 1. The number of rotatable bonds is 4. The maximum Gasteiger partial charge on any atom is 0.273 e. The number of halogens is 2. The number of nitrogens with one attached hydrogen (secondary N) is 1. The van der Waals surface area contributed by atoms with Crippen molar-refractivity contribution in [3.8, 4) is 0 Å². The minimum atomic E-state index is -2.72. The molecule has 0 aliphatic carbocycles. The second-order valence-electron chi connectivity index (χ2n) is 5.28. The fourth-order valence-corrected chi connectivity index (χ4v) is 2.61. The van der Waals surface area contributed by atoms with Gasteiger partial charge in [-0.3, -0.25) is 4.90 Å². The number of benzene rings is 1. The summed E-state index contributed by atoms with van der Waals surface area (Å²) < 4.78 is 27.9. The number of hydrogen-bond donors (Lipinski definition) is 1. The molecule has 1 heterocycles. The van der Waals surface area contributed by atoms with E-state index in [-0.39, 0.29) is 18.0 Å². The van der Waals surface area contributed by atoms with Gasteiger partial charge in [0.1, 0.15) is 0 Å². The summed E-state index contributed by atoms with van der Waals surface area (Å²) >= 11 is 0. The van der Waals surface area contributed by atoms with Gasteiger partial charge in [0.05, 0.1) is 0 Å². The molecule has 1 unspecified atom stereocenters. The lowest BCUT2D eigenvalue weighted by atomic mass is 9.97. The third-order valence-electron chi connectivity index (χ3n) is 3.77. The largest absolute Gasteiger partial charge is 0.314 e. The molecule has 19 heavy (non-hydrogen) atoms. The van der Waals surface area contributed by atoms with Crippen LogP contribution in [0.15, 0.2) is 24.3 Å². The lowest BCUT2D eigenvalue weighted by Gasteiger charge is -2.33. The van der Waals surface area contributed by atoms with E-state index < -0.39 is 5.92 Å². The second-order valence-corrected chi connectivity index (χ2v) is 5.28. The molecule has 1 saturated heterocycles. The smallest absolute Gasteiger partial charge is 0.273 e. The molecule has 1 atom stereocenters. The van der Waals surface area contributed by atoms with Gasteiger partial charge in [-0.25, -0.2) is 8.78 Å². The van der Waals surface area contributed by atoms with Crippen molar-refractivity contribution in [2.24, 2.45) is 0 Å². The summed E-state index contributed by atoms with van der Waals surface area (Å²) in [5.41, 5.74) is 1.12. The minimum absolute atomic E-state index is 0.0881. The van der Waals surface area contributed by atoms with Crippen LogP contribution in [-0.2, 0) is 5.92 Å². The molecule has 0 bridgehead atoms. The van der Waals surface area contributed by atoms with Gasteiger partial charge in [0.25, 0.3) is 5.92 Å². The molecule has 0 aromatic heterocycles. The first-order valence-electron chi connectivity index (χ1n) is 6.94. The van der Waals surface area contributed by atoms with E-state index in [1.165, 1.54) is 6.07 Å². The van der Waals surface area contributed by atoms with Gasteiger partial charge < -0.3 is 5.32 Å². The summed E-state index contributed by atoms with van der Waals surface area (Å²) in [6, 6.07) is 7.08. The number of alkyl halides is 2. The van der Waals surface area contributed by atoms with Crippen LogP contribution >= 0.6 is 0 Å². The monoisotopic (exact) mass is 268 g/mol. The summed E-state index contributed by atoms with van der Waals surface area (Å²) in [7, 11) is 2.04. The van der Waals surface area contributed by atoms with Crippen molar-refractivity contribution in [2.45, 2.75) is 31.7 Å². The molecule has 1 aliphatic rings. The Balaban J connectivity index is 2.23. The van der Waals surface area contributed by atoms with E-state index in [1.54, 1.807) is 19.1 Å². The molecule has 0 amide bonds. The Morgan fingerprint density at radius 3 is 2.89 bits per heavy atom. The Morgan fingerprint density at radius 2 is 2.21 bits per heavy atom. The van der Waals surface area contributed by atoms with Crippen molar-refractivity contribution in [2.75, 3.05) is 26.7 Å². The van der Waals surface area contributed by atoms with Crippen molar-refractivity contribution < 1.29 is 8.78 Å². The summed E-state index contributed by atoms with van der Waals surface area (Å²) in [6.45, 7) is 4.51. The fraction of sp³-hybridized carbons (Fsp3) is 0.600. The van der Waals surface area contributed by atoms with E-state index in [0.717, 1.165) is 25.2 Å². The first-order valence-corrected chi connectivity index (χ1v) is 6.94. The predicted octanol–water partition coefficient (Wildman–Crippen LogP) is 3.15. The second kappa shape index (κ2) is 5.97. The highest BCUT2D eigenvalue weighted by molar-refractivity contribution is 5.29. The topological polar surface area (TPSA) is 15.3 Å². The Labute approximate surface area is 113 Å². The first kappa shape index (κ1) is 14.4. The molecule has 1 aliphatic heterocycles. The van der Waals surface area contributed by atoms with Crippen LogP contribution in [0.4, 0.5) is 8.78 Å². The van der Waals surface area contributed by atoms with Gasteiger partial charge in [-0.15, -0.1) is 0 Å². The average molecular weight is 268 g/mol. The zero-order valence-electron chi connectivity index (χ0n) is 11.6.